The van der Waals surface area contributed by atoms with Gasteiger partial charge < -0.3 is 9.63 Å². The molecule has 0 fully saturated rings. The van der Waals surface area contributed by atoms with E-state index in [4.69, 9.17) is 20.9 Å². The molecule has 0 bridgehead atoms. The average molecular weight is 300 g/mol. The molecule has 0 saturated carbocycles. The number of carboxylic acids is 1. The van der Waals surface area contributed by atoms with E-state index in [0.717, 1.165) is 10.8 Å². The van der Waals surface area contributed by atoms with E-state index < -0.39 is 19.4 Å². The Morgan fingerprint density at radius 2 is 1.95 bits per heavy atom. The van der Waals surface area contributed by atoms with Crippen LogP contribution in [0.5, 0.6) is 5.75 Å². The van der Waals surface area contributed by atoms with Crippen LogP contribution in [0.2, 0.25) is 0 Å². The summed E-state index contributed by atoms with van der Waals surface area (Å²) in [6.07, 6.45) is 0. The standard InChI is InChI=1S/C12H11ClNO4P/c13-19(17,14-8-12(15)16)18-11-7-3-5-9-4-1-2-6-10(9)11/h1-7H,8H2,(H,14,17)(H,15,16). The third kappa shape index (κ3) is 3.70. The minimum absolute atomic E-state index is 0.342. The van der Waals surface area contributed by atoms with Gasteiger partial charge in [-0.15, -0.1) is 0 Å². The van der Waals surface area contributed by atoms with Gasteiger partial charge in [-0.05, 0) is 11.5 Å². The Kier molecular flexibility index (Phi) is 4.10. The first-order valence-electron chi connectivity index (χ1n) is 5.42. The summed E-state index contributed by atoms with van der Waals surface area (Å²) in [5.41, 5.74) is 0. The molecule has 0 aliphatic carbocycles. The van der Waals surface area contributed by atoms with Crippen molar-refractivity contribution in [1.29, 1.82) is 0 Å². The molecule has 0 spiro atoms. The molecule has 0 saturated heterocycles. The van der Waals surface area contributed by atoms with Crippen molar-refractivity contribution in [1.82, 2.24) is 5.09 Å². The molecule has 19 heavy (non-hydrogen) atoms. The van der Waals surface area contributed by atoms with E-state index in [0.29, 0.717) is 5.75 Å². The number of nitrogens with one attached hydrogen (secondary N) is 1. The predicted octanol–water partition coefficient (Wildman–Crippen LogP) is 3.24. The highest BCUT2D eigenvalue weighted by molar-refractivity contribution is 7.84. The summed E-state index contributed by atoms with van der Waals surface area (Å²) >= 11 is 5.67. The molecule has 0 aliphatic heterocycles. The largest absolute Gasteiger partial charge is 0.480 e. The van der Waals surface area contributed by atoms with Gasteiger partial charge in [-0.3, -0.25) is 4.79 Å². The van der Waals surface area contributed by atoms with E-state index in [-0.39, 0.29) is 0 Å². The molecule has 0 aliphatic rings. The number of rotatable bonds is 5. The van der Waals surface area contributed by atoms with Crippen molar-refractivity contribution < 1.29 is 19.0 Å². The maximum Gasteiger partial charge on any atom is 0.409 e. The topological polar surface area (TPSA) is 75.6 Å². The molecule has 2 aromatic rings. The lowest BCUT2D eigenvalue weighted by atomic mass is 10.1. The normalized spacial score (nSPS) is 13.9. The Morgan fingerprint density at radius 3 is 2.68 bits per heavy atom. The molecule has 7 heteroatoms. The zero-order valence-electron chi connectivity index (χ0n) is 9.75. The fourth-order valence-corrected chi connectivity index (χ4v) is 2.80. The SMILES string of the molecule is O=C(O)CNP(=O)(Cl)Oc1cccc2ccccc12. The minimum Gasteiger partial charge on any atom is -0.480 e. The summed E-state index contributed by atoms with van der Waals surface area (Å²) in [5.74, 6) is -0.822. The van der Waals surface area contributed by atoms with Gasteiger partial charge in [0.05, 0.1) is 0 Å². The maximum absolute atomic E-state index is 11.9. The second-order valence-corrected chi connectivity index (χ2v) is 6.57. The van der Waals surface area contributed by atoms with Crippen LogP contribution in [0.4, 0.5) is 0 Å². The predicted molar refractivity (Wildman–Crippen MR) is 73.7 cm³/mol. The van der Waals surface area contributed by atoms with Crippen LogP contribution in [-0.4, -0.2) is 17.6 Å². The van der Waals surface area contributed by atoms with Gasteiger partial charge in [0, 0.05) is 16.6 Å². The van der Waals surface area contributed by atoms with Crippen molar-refractivity contribution in [3.05, 3.63) is 42.5 Å². The monoisotopic (exact) mass is 299 g/mol. The van der Waals surface area contributed by atoms with Crippen molar-refractivity contribution in [3.8, 4) is 5.75 Å². The van der Waals surface area contributed by atoms with E-state index in [1.54, 1.807) is 18.2 Å². The fourth-order valence-electron chi connectivity index (χ4n) is 1.60. The third-order valence-electron chi connectivity index (χ3n) is 2.38. The van der Waals surface area contributed by atoms with E-state index in [9.17, 15) is 9.36 Å². The van der Waals surface area contributed by atoms with Crippen LogP contribution in [-0.2, 0) is 9.36 Å². The van der Waals surface area contributed by atoms with Crippen LogP contribution in [0.1, 0.15) is 0 Å². The van der Waals surface area contributed by atoms with Crippen molar-refractivity contribution in [3.63, 3.8) is 0 Å². The van der Waals surface area contributed by atoms with Gasteiger partial charge in [0.1, 0.15) is 12.3 Å². The average Bonchev–Trinajstić information content (AvgIpc) is 2.37. The Morgan fingerprint density at radius 1 is 1.26 bits per heavy atom. The first kappa shape index (κ1) is 13.9. The van der Waals surface area contributed by atoms with Gasteiger partial charge in [0.25, 0.3) is 0 Å². The van der Waals surface area contributed by atoms with Crippen LogP contribution in [0.3, 0.4) is 0 Å². The maximum atomic E-state index is 11.9. The number of halogens is 1. The zero-order chi connectivity index (χ0) is 13.9. The van der Waals surface area contributed by atoms with Gasteiger partial charge in [-0.25, -0.2) is 9.65 Å². The molecular weight excluding hydrogens is 289 g/mol. The van der Waals surface area contributed by atoms with Crippen molar-refractivity contribution in [2.75, 3.05) is 6.54 Å². The quantitative estimate of drug-likeness (QED) is 0.829. The van der Waals surface area contributed by atoms with Crippen molar-refractivity contribution in [2.24, 2.45) is 0 Å². The smallest absolute Gasteiger partial charge is 0.409 e. The van der Waals surface area contributed by atoms with Gasteiger partial charge in [0.15, 0.2) is 0 Å². The zero-order valence-corrected chi connectivity index (χ0v) is 11.4. The van der Waals surface area contributed by atoms with Crippen LogP contribution in [0.25, 0.3) is 10.8 Å². The Balaban J connectivity index is 2.26. The summed E-state index contributed by atoms with van der Waals surface area (Å²) in [4.78, 5) is 10.4. The summed E-state index contributed by atoms with van der Waals surface area (Å²) in [5, 5.41) is 12.4. The van der Waals surface area contributed by atoms with Crippen molar-refractivity contribution in [2.45, 2.75) is 0 Å². The summed E-state index contributed by atoms with van der Waals surface area (Å²) < 4.78 is 17.1. The lowest BCUT2D eigenvalue weighted by Crippen LogP contribution is -2.19. The number of aliphatic carboxylic acids is 1. The molecule has 2 aromatic carbocycles. The minimum atomic E-state index is -3.73. The molecule has 0 radical (unpaired) electrons. The number of carboxylic acid groups (broad SMARTS) is 1. The van der Waals surface area contributed by atoms with Crippen LogP contribution in [0, 0.1) is 0 Å². The molecule has 0 aromatic heterocycles. The molecule has 0 amide bonds. The number of hydrogen-bond acceptors (Lipinski definition) is 3. The number of benzene rings is 2. The van der Waals surface area contributed by atoms with Crippen molar-refractivity contribution >= 4 is 34.9 Å². The second kappa shape index (κ2) is 5.61. The Bertz CT molecular complexity index is 656. The molecule has 1 atom stereocenters. The molecule has 2 rings (SSSR count). The molecular formula is C12H11ClNO4P. The van der Waals surface area contributed by atoms with Gasteiger partial charge >= 0.3 is 12.8 Å². The highest BCUT2D eigenvalue weighted by Gasteiger charge is 2.22. The number of fused-ring (bicyclic) bond motifs is 1. The Hall–Kier alpha value is -1.55. The number of hydrogen-bond donors (Lipinski definition) is 2. The molecule has 2 N–H and O–H groups in total. The Labute approximate surface area is 114 Å². The summed E-state index contributed by atoms with van der Waals surface area (Å²) in [7, 11) is 0. The van der Waals surface area contributed by atoms with E-state index in [2.05, 4.69) is 5.09 Å². The van der Waals surface area contributed by atoms with E-state index >= 15 is 0 Å². The first-order chi connectivity index (χ1) is 8.98. The fraction of sp³-hybridized carbons (Fsp3) is 0.0833. The second-order valence-electron chi connectivity index (χ2n) is 3.78. The number of carbonyl (C=O) groups is 1. The molecule has 0 heterocycles. The third-order valence-corrected chi connectivity index (χ3v) is 3.92. The lowest BCUT2D eigenvalue weighted by molar-refractivity contribution is -0.135. The highest BCUT2D eigenvalue weighted by Crippen LogP contribution is 2.49. The van der Waals surface area contributed by atoms with Gasteiger partial charge in [0.2, 0.25) is 0 Å². The highest BCUT2D eigenvalue weighted by atomic mass is 35.7. The van der Waals surface area contributed by atoms with Crippen LogP contribution >= 0.6 is 18.1 Å². The van der Waals surface area contributed by atoms with Gasteiger partial charge in [-0.2, -0.15) is 0 Å². The van der Waals surface area contributed by atoms with Gasteiger partial charge in [-0.1, -0.05) is 36.4 Å². The van der Waals surface area contributed by atoms with Crippen LogP contribution in [0.15, 0.2) is 42.5 Å². The molecule has 1 unspecified atom stereocenters. The molecule has 100 valence electrons. The summed E-state index contributed by atoms with van der Waals surface area (Å²) in [6, 6.07) is 12.6. The van der Waals surface area contributed by atoms with E-state index in [1.165, 1.54) is 0 Å². The van der Waals surface area contributed by atoms with Crippen LogP contribution < -0.4 is 9.61 Å². The lowest BCUT2D eigenvalue weighted by Gasteiger charge is -2.14. The molecule has 5 nitrogen and oxygen atoms in total. The summed E-state index contributed by atoms with van der Waals surface area (Å²) in [6.45, 7) is -4.27. The van der Waals surface area contributed by atoms with E-state index in [1.807, 2.05) is 24.3 Å². The first-order valence-corrected chi connectivity index (χ1v) is 7.95.